The van der Waals surface area contributed by atoms with E-state index in [1.165, 1.54) is 0 Å². The standard InChI is InChI=1S/C10H19NO3/c1-7(2-4-11)14-9-6-13-8-3-5-12-10(8)9/h7-10H,2-6,11H2,1H3. The maximum absolute atomic E-state index is 5.84. The van der Waals surface area contributed by atoms with Crippen molar-refractivity contribution >= 4 is 0 Å². The molecule has 2 aliphatic rings. The van der Waals surface area contributed by atoms with E-state index in [1.807, 2.05) is 0 Å². The van der Waals surface area contributed by atoms with Gasteiger partial charge in [-0.3, -0.25) is 0 Å². The molecule has 0 aromatic rings. The topological polar surface area (TPSA) is 53.7 Å². The van der Waals surface area contributed by atoms with Gasteiger partial charge in [-0.1, -0.05) is 0 Å². The lowest BCUT2D eigenvalue weighted by molar-refractivity contribution is -0.0642. The van der Waals surface area contributed by atoms with Gasteiger partial charge in [0.05, 0.1) is 18.8 Å². The summed E-state index contributed by atoms with van der Waals surface area (Å²) in [5.41, 5.74) is 5.47. The van der Waals surface area contributed by atoms with E-state index in [4.69, 9.17) is 19.9 Å². The lowest BCUT2D eigenvalue weighted by Gasteiger charge is -2.21. The third kappa shape index (κ3) is 2.08. The molecule has 2 saturated heterocycles. The summed E-state index contributed by atoms with van der Waals surface area (Å²) in [6, 6.07) is 0. The Morgan fingerprint density at radius 3 is 3.14 bits per heavy atom. The highest BCUT2D eigenvalue weighted by Gasteiger charge is 2.42. The van der Waals surface area contributed by atoms with E-state index in [1.54, 1.807) is 0 Å². The highest BCUT2D eigenvalue weighted by molar-refractivity contribution is 4.90. The predicted molar refractivity (Wildman–Crippen MR) is 52.1 cm³/mol. The number of rotatable bonds is 4. The van der Waals surface area contributed by atoms with Crippen LogP contribution >= 0.6 is 0 Å². The number of fused-ring (bicyclic) bond motifs is 1. The zero-order valence-corrected chi connectivity index (χ0v) is 8.65. The second-order valence-corrected chi connectivity index (χ2v) is 4.06. The van der Waals surface area contributed by atoms with Gasteiger partial charge in [-0.15, -0.1) is 0 Å². The Morgan fingerprint density at radius 1 is 1.50 bits per heavy atom. The third-order valence-electron chi connectivity index (χ3n) is 2.90. The van der Waals surface area contributed by atoms with Crippen molar-refractivity contribution in [2.24, 2.45) is 5.73 Å². The Labute approximate surface area is 84.7 Å². The molecule has 4 unspecified atom stereocenters. The van der Waals surface area contributed by atoms with Gasteiger partial charge in [0.25, 0.3) is 0 Å². The molecule has 2 aliphatic heterocycles. The van der Waals surface area contributed by atoms with Crippen molar-refractivity contribution in [3.8, 4) is 0 Å². The Hall–Kier alpha value is -0.160. The SMILES string of the molecule is CC(CCN)OC1COC2CCOC21. The summed E-state index contributed by atoms with van der Waals surface area (Å²) in [6.07, 6.45) is 2.66. The van der Waals surface area contributed by atoms with Gasteiger partial charge >= 0.3 is 0 Å². The van der Waals surface area contributed by atoms with Gasteiger partial charge < -0.3 is 19.9 Å². The number of nitrogens with two attached hydrogens (primary N) is 1. The Balaban J connectivity index is 1.80. The lowest BCUT2D eigenvalue weighted by atomic mass is 10.1. The minimum Gasteiger partial charge on any atom is -0.373 e. The molecule has 0 amide bonds. The minimum atomic E-state index is 0.115. The van der Waals surface area contributed by atoms with E-state index in [9.17, 15) is 0 Å². The van der Waals surface area contributed by atoms with Crippen molar-refractivity contribution in [1.29, 1.82) is 0 Å². The van der Waals surface area contributed by atoms with Crippen LogP contribution in [0, 0.1) is 0 Å². The quantitative estimate of drug-likeness (QED) is 0.710. The zero-order chi connectivity index (χ0) is 9.97. The first-order valence-electron chi connectivity index (χ1n) is 5.40. The van der Waals surface area contributed by atoms with Crippen LogP contribution in [0.2, 0.25) is 0 Å². The van der Waals surface area contributed by atoms with Crippen LogP contribution in [0.5, 0.6) is 0 Å². The normalized spacial score (nSPS) is 38.6. The average Bonchev–Trinajstić information content (AvgIpc) is 2.70. The van der Waals surface area contributed by atoms with Crippen LogP contribution in [-0.4, -0.2) is 44.2 Å². The van der Waals surface area contributed by atoms with Crippen molar-refractivity contribution in [2.45, 2.75) is 44.2 Å². The maximum atomic E-state index is 5.84. The minimum absolute atomic E-state index is 0.115. The number of hydrogen-bond acceptors (Lipinski definition) is 4. The number of ether oxygens (including phenoxy) is 3. The first kappa shape index (κ1) is 10.4. The lowest BCUT2D eigenvalue weighted by Crippen LogP contribution is -2.33. The summed E-state index contributed by atoms with van der Waals surface area (Å²) < 4.78 is 17.0. The van der Waals surface area contributed by atoms with Gasteiger partial charge in [-0.25, -0.2) is 0 Å². The fraction of sp³-hybridized carbons (Fsp3) is 1.00. The first-order chi connectivity index (χ1) is 6.81. The van der Waals surface area contributed by atoms with Crippen LogP contribution in [-0.2, 0) is 14.2 Å². The van der Waals surface area contributed by atoms with Crippen molar-refractivity contribution in [1.82, 2.24) is 0 Å². The van der Waals surface area contributed by atoms with Gasteiger partial charge in [-0.05, 0) is 26.3 Å². The van der Waals surface area contributed by atoms with Crippen LogP contribution < -0.4 is 5.73 Å². The van der Waals surface area contributed by atoms with Crippen molar-refractivity contribution in [3.63, 3.8) is 0 Å². The molecular formula is C10H19NO3. The molecule has 0 saturated carbocycles. The molecule has 2 N–H and O–H groups in total. The highest BCUT2D eigenvalue weighted by atomic mass is 16.6. The number of hydrogen-bond donors (Lipinski definition) is 1. The molecule has 0 radical (unpaired) electrons. The molecule has 0 aliphatic carbocycles. The second-order valence-electron chi connectivity index (χ2n) is 4.06. The van der Waals surface area contributed by atoms with Crippen LogP contribution in [0.15, 0.2) is 0 Å². The molecule has 4 nitrogen and oxygen atoms in total. The van der Waals surface area contributed by atoms with Gasteiger partial charge in [0.1, 0.15) is 12.2 Å². The molecule has 2 fully saturated rings. The molecule has 82 valence electrons. The van der Waals surface area contributed by atoms with Crippen LogP contribution in [0.3, 0.4) is 0 Å². The summed E-state index contributed by atoms with van der Waals surface area (Å²) in [4.78, 5) is 0. The maximum Gasteiger partial charge on any atom is 0.112 e. The average molecular weight is 201 g/mol. The predicted octanol–water partition coefficient (Wildman–Crippen LogP) is 0.297. The fourth-order valence-corrected chi connectivity index (χ4v) is 2.15. The van der Waals surface area contributed by atoms with Crippen molar-refractivity contribution in [3.05, 3.63) is 0 Å². The van der Waals surface area contributed by atoms with E-state index in [0.29, 0.717) is 13.2 Å². The van der Waals surface area contributed by atoms with Crippen molar-refractivity contribution in [2.75, 3.05) is 19.8 Å². The summed E-state index contributed by atoms with van der Waals surface area (Å²) in [5, 5.41) is 0. The molecule has 14 heavy (non-hydrogen) atoms. The summed E-state index contributed by atoms with van der Waals surface area (Å²) >= 11 is 0. The van der Waals surface area contributed by atoms with Crippen LogP contribution in [0.1, 0.15) is 19.8 Å². The van der Waals surface area contributed by atoms with E-state index in [0.717, 1.165) is 19.4 Å². The smallest absolute Gasteiger partial charge is 0.112 e. The molecular weight excluding hydrogens is 182 g/mol. The summed E-state index contributed by atoms with van der Waals surface area (Å²) in [5.74, 6) is 0. The molecule has 4 heteroatoms. The fourth-order valence-electron chi connectivity index (χ4n) is 2.15. The van der Waals surface area contributed by atoms with Gasteiger partial charge in [0.15, 0.2) is 0 Å². The summed E-state index contributed by atoms with van der Waals surface area (Å²) in [7, 11) is 0. The third-order valence-corrected chi connectivity index (χ3v) is 2.90. The molecule has 0 bridgehead atoms. The summed E-state index contributed by atoms with van der Waals surface area (Å²) in [6.45, 7) is 4.20. The van der Waals surface area contributed by atoms with Crippen LogP contribution in [0.4, 0.5) is 0 Å². The second kappa shape index (κ2) is 4.57. The molecule has 2 rings (SSSR count). The molecule has 0 aromatic heterocycles. The molecule has 4 atom stereocenters. The Morgan fingerprint density at radius 2 is 2.36 bits per heavy atom. The van der Waals surface area contributed by atoms with Crippen molar-refractivity contribution < 1.29 is 14.2 Å². The zero-order valence-electron chi connectivity index (χ0n) is 8.65. The van der Waals surface area contributed by atoms with E-state index in [2.05, 4.69) is 6.92 Å². The van der Waals surface area contributed by atoms with Gasteiger partial charge in [-0.2, -0.15) is 0 Å². The van der Waals surface area contributed by atoms with Crippen LogP contribution in [0.25, 0.3) is 0 Å². The van der Waals surface area contributed by atoms with E-state index >= 15 is 0 Å². The first-order valence-corrected chi connectivity index (χ1v) is 5.40. The molecule has 0 spiro atoms. The van der Waals surface area contributed by atoms with Gasteiger partial charge in [0, 0.05) is 6.61 Å². The van der Waals surface area contributed by atoms with E-state index < -0.39 is 0 Å². The Kier molecular flexibility index (Phi) is 3.38. The Bertz CT molecular complexity index is 188. The largest absolute Gasteiger partial charge is 0.373 e. The highest BCUT2D eigenvalue weighted by Crippen LogP contribution is 2.29. The van der Waals surface area contributed by atoms with E-state index in [-0.39, 0.29) is 24.4 Å². The van der Waals surface area contributed by atoms with Gasteiger partial charge in [0.2, 0.25) is 0 Å². The molecule has 0 aromatic carbocycles. The molecule has 2 heterocycles. The monoisotopic (exact) mass is 201 g/mol.